The van der Waals surface area contributed by atoms with E-state index < -0.39 is 5.97 Å². The number of carboxylic acid groups (broad SMARTS) is 1. The molecule has 0 amide bonds. The molecular weight excluding hydrogens is 264 g/mol. The average molecular weight is 274 g/mol. The highest BCUT2D eigenvalue weighted by Crippen LogP contribution is 2.26. The Morgan fingerprint density at radius 2 is 2.16 bits per heavy atom. The van der Waals surface area contributed by atoms with Crippen LogP contribution in [-0.2, 0) is 11.2 Å². The van der Waals surface area contributed by atoms with Crippen molar-refractivity contribution in [3.05, 3.63) is 35.9 Å². The molecule has 0 bridgehead atoms. The van der Waals surface area contributed by atoms with Gasteiger partial charge in [-0.25, -0.2) is 9.50 Å². The first-order chi connectivity index (χ1) is 9.15. The lowest BCUT2D eigenvalue weighted by molar-refractivity contribution is -0.136. The third kappa shape index (κ3) is 2.08. The smallest absolute Gasteiger partial charge is 0.309 e. The maximum absolute atomic E-state index is 10.9. The molecule has 0 unspecified atom stereocenters. The zero-order chi connectivity index (χ0) is 13.4. The van der Waals surface area contributed by atoms with Crippen LogP contribution in [0.3, 0.4) is 0 Å². The molecule has 6 nitrogen and oxygen atoms in total. The first-order valence-electron chi connectivity index (χ1n) is 5.62. The Bertz CT molecular complexity index is 748. The van der Waals surface area contributed by atoms with Gasteiger partial charge < -0.3 is 5.11 Å². The third-order valence-electron chi connectivity index (χ3n) is 2.74. The fourth-order valence-corrected chi connectivity index (χ4v) is 2.82. The normalized spacial score (nSPS) is 11.0. The molecule has 0 aromatic carbocycles. The van der Waals surface area contributed by atoms with Gasteiger partial charge in [0, 0.05) is 18.0 Å². The minimum Gasteiger partial charge on any atom is -0.481 e. The van der Waals surface area contributed by atoms with Crippen LogP contribution in [0.4, 0.5) is 0 Å². The van der Waals surface area contributed by atoms with Gasteiger partial charge in [-0.2, -0.15) is 5.10 Å². The number of hydrogen-bond donors (Lipinski definition) is 1. The summed E-state index contributed by atoms with van der Waals surface area (Å²) in [6.45, 7) is 1.80. The zero-order valence-corrected chi connectivity index (χ0v) is 10.9. The van der Waals surface area contributed by atoms with Crippen LogP contribution < -0.4 is 0 Å². The fourth-order valence-electron chi connectivity index (χ4n) is 1.85. The van der Waals surface area contributed by atoms with Crippen LogP contribution in [0, 0.1) is 6.92 Å². The number of carboxylic acids is 1. The first kappa shape index (κ1) is 11.8. The van der Waals surface area contributed by atoms with Crippen LogP contribution in [0.2, 0.25) is 0 Å². The SMILES string of the molecule is Cc1nc2sc(-c3ccncc3)nn2c1CC(=O)O. The maximum atomic E-state index is 10.9. The Balaban J connectivity index is 2.12. The molecule has 3 aromatic rings. The lowest BCUT2D eigenvalue weighted by Crippen LogP contribution is -2.05. The minimum absolute atomic E-state index is 0.0769. The summed E-state index contributed by atoms with van der Waals surface area (Å²) in [5.41, 5.74) is 2.28. The summed E-state index contributed by atoms with van der Waals surface area (Å²) in [5.74, 6) is -0.886. The van der Waals surface area contributed by atoms with E-state index in [0.717, 1.165) is 10.6 Å². The summed E-state index contributed by atoms with van der Waals surface area (Å²) >= 11 is 1.43. The monoisotopic (exact) mass is 274 g/mol. The number of imidazole rings is 1. The number of carbonyl (C=O) groups is 1. The van der Waals surface area contributed by atoms with Crippen LogP contribution in [0.5, 0.6) is 0 Å². The number of aliphatic carboxylic acids is 1. The molecule has 0 radical (unpaired) electrons. The standard InChI is InChI=1S/C12H10N4O2S/c1-7-9(6-10(17)18)16-12(14-7)19-11(15-16)8-2-4-13-5-3-8/h2-5H,6H2,1H3,(H,17,18). The van der Waals surface area contributed by atoms with Gasteiger partial charge in [-0.15, -0.1) is 0 Å². The molecule has 3 aromatic heterocycles. The highest BCUT2D eigenvalue weighted by Gasteiger charge is 2.16. The quantitative estimate of drug-likeness (QED) is 0.787. The minimum atomic E-state index is -0.886. The summed E-state index contributed by atoms with van der Waals surface area (Å²) in [7, 11) is 0. The Morgan fingerprint density at radius 3 is 2.84 bits per heavy atom. The number of fused-ring (bicyclic) bond motifs is 1. The topological polar surface area (TPSA) is 80.4 Å². The van der Waals surface area contributed by atoms with Gasteiger partial charge in [-0.05, 0) is 19.1 Å². The number of aryl methyl sites for hydroxylation is 1. The molecule has 0 aliphatic rings. The summed E-state index contributed by atoms with van der Waals surface area (Å²) in [4.78, 5) is 19.9. The van der Waals surface area contributed by atoms with Crippen molar-refractivity contribution < 1.29 is 9.90 Å². The number of rotatable bonds is 3. The van der Waals surface area contributed by atoms with Crippen molar-refractivity contribution in [1.29, 1.82) is 0 Å². The van der Waals surface area contributed by atoms with Crippen LogP contribution >= 0.6 is 11.3 Å². The van der Waals surface area contributed by atoms with Crippen molar-refractivity contribution in [3.8, 4) is 10.6 Å². The number of hydrogen-bond acceptors (Lipinski definition) is 5. The molecular formula is C12H10N4O2S. The lowest BCUT2D eigenvalue weighted by atomic mass is 10.2. The second-order valence-corrected chi connectivity index (χ2v) is 5.01. The van der Waals surface area contributed by atoms with Gasteiger partial charge in [0.25, 0.3) is 0 Å². The van der Waals surface area contributed by atoms with Gasteiger partial charge >= 0.3 is 5.97 Å². The molecule has 19 heavy (non-hydrogen) atoms. The predicted molar refractivity (Wildman–Crippen MR) is 70.2 cm³/mol. The Morgan fingerprint density at radius 1 is 1.42 bits per heavy atom. The van der Waals surface area contributed by atoms with Crippen LogP contribution in [0.25, 0.3) is 15.5 Å². The van der Waals surface area contributed by atoms with E-state index in [2.05, 4.69) is 15.1 Å². The molecule has 1 N–H and O–H groups in total. The van der Waals surface area contributed by atoms with Crippen molar-refractivity contribution in [2.75, 3.05) is 0 Å². The summed E-state index contributed by atoms with van der Waals surface area (Å²) in [6, 6.07) is 3.73. The van der Waals surface area contributed by atoms with Crippen molar-refractivity contribution in [1.82, 2.24) is 19.6 Å². The van der Waals surface area contributed by atoms with E-state index in [0.29, 0.717) is 16.3 Å². The van der Waals surface area contributed by atoms with Crippen molar-refractivity contribution in [2.24, 2.45) is 0 Å². The Labute approximate surface area is 112 Å². The Hall–Kier alpha value is -2.28. The van der Waals surface area contributed by atoms with Crippen molar-refractivity contribution in [2.45, 2.75) is 13.3 Å². The summed E-state index contributed by atoms with van der Waals surface area (Å²) in [5, 5.41) is 14.2. The molecule has 0 saturated carbocycles. The third-order valence-corrected chi connectivity index (χ3v) is 3.70. The molecule has 0 fully saturated rings. The van der Waals surface area contributed by atoms with Gasteiger partial charge in [0.15, 0.2) is 0 Å². The van der Waals surface area contributed by atoms with Crippen LogP contribution in [0.15, 0.2) is 24.5 Å². The van der Waals surface area contributed by atoms with E-state index >= 15 is 0 Å². The maximum Gasteiger partial charge on any atom is 0.309 e. The molecule has 3 rings (SSSR count). The van der Waals surface area contributed by atoms with E-state index in [1.165, 1.54) is 11.3 Å². The van der Waals surface area contributed by atoms with E-state index in [9.17, 15) is 4.79 Å². The van der Waals surface area contributed by atoms with Gasteiger partial charge in [0.2, 0.25) is 4.96 Å². The summed E-state index contributed by atoms with van der Waals surface area (Å²) < 4.78 is 1.61. The van der Waals surface area contributed by atoms with Crippen molar-refractivity contribution in [3.63, 3.8) is 0 Å². The number of aromatic nitrogens is 4. The van der Waals surface area contributed by atoms with Gasteiger partial charge in [0.1, 0.15) is 5.01 Å². The number of pyridine rings is 1. The largest absolute Gasteiger partial charge is 0.481 e. The predicted octanol–water partition coefficient (Wildman–Crippen LogP) is 1.79. The molecule has 0 spiro atoms. The van der Waals surface area contributed by atoms with Crippen LogP contribution in [0.1, 0.15) is 11.4 Å². The molecule has 3 heterocycles. The Kier molecular flexibility index (Phi) is 2.75. The lowest BCUT2D eigenvalue weighted by Gasteiger charge is -1.96. The second kappa shape index (κ2) is 4.43. The van der Waals surface area contributed by atoms with E-state index in [1.54, 1.807) is 23.8 Å². The second-order valence-electron chi connectivity index (χ2n) is 4.05. The highest BCUT2D eigenvalue weighted by atomic mass is 32.1. The molecule has 0 aliphatic heterocycles. The molecule has 7 heteroatoms. The number of nitrogens with zero attached hydrogens (tertiary/aromatic N) is 4. The van der Waals surface area contributed by atoms with Gasteiger partial charge in [0.05, 0.1) is 17.8 Å². The molecule has 96 valence electrons. The molecule has 0 aliphatic carbocycles. The zero-order valence-electron chi connectivity index (χ0n) is 10.1. The van der Waals surface area contributed by atoms with Crippen molar-refractivity contribution >= 4 is 22.3 Å². The van der Waals surface area contributed by atoms with E-state index in [1.807, 2.05) is 12.1 Å². The van der Waals surface area contributed by atoms with E-state index in [4.69, 9.17) is 5.11 Å². The summed E-state index contributed by atoms with van der Waals surface area (Å²) in [6.07, 6.45) is 3.32. The molecule has 0 saturated heterocycles. The van der Waals surface area contributed by atoms with Gasteiger partial charge in [-0.3, -0.25) is 9.78 Å². The van der Waals surface area contributed by atoms with E-state index in [-0.39, 0.29) is 6.42 Å². The van der Waals surface area contributed by atoms with Crippen LogP contribution in [-0.4, -0.2) is 30.7 Å². The van der Waals surface area contributed by atoms with Gasteiger partial charge in [-0.1, -0.05) is 11.3 Å². The average Bonchev–Trinajstić information content (AvgIpc) is 2.90. The highest BCUT2D eigenvalue weighted by molar-refractivity contribution is 7.19. The first-order valence-corrected chi connectivity index (χ1v) is 6.44. The fraction of sp³-hybridized carbons (Fsp3) is 0.167. The molecule has 0 atom stereocenters.